The van der Waals surface area contributed by atoms with Gasteiger partial charge in [-0.2, -0.15) is 0 Å². The Hall–Kier alpha value is -2.89. The van der Waals surface area contributed by atoms with Gasteiger partial charge >= 0.3 is 6.03 Å². The van der Waals surface area contributed by atoms with Crippen LogP contribution in [0.3, 0.4) is 0 Å². The molecule has 1 saturated heterocycles. The average molecular weight is 350 g/mol. The van der Waals surface area contributed by atoms with Crippen LogP contribution in [0.4, 0.5) is 4.79 Å². The first-order valence-electron chi connectivity index (χ1n) is 9.07. The van der Waals surface area contributed by atoms with E-state index in [0.29, 0.717) is 6.54 Å². The predicted octanol–water partition coefficient (Wildman–Crippen LogP) is 3.35. The molecule has 0 bridgehead atoms. The number of nitrogens with one attached hydrogen (secondary N) is 1. The van der Waals surface area contributed by atoms with Crippen molar-refractivity contribution in [3.05, 3.63) is 60.2 Å². The number of fused-ring (bicyclic) bond motifs is 1. The van der Waals surface area contributed by atoms with Crippen molar-refractivity contribution in [1.29, 1.82) is 0 Å². The lowest BCUT2D eigenvalue weighted by Gasteiger charge is -2.30. The van der Waals surface area contributed by atoms with Crippen LogP contribution in [0, 0.1) is 0 Å². The maximum atomic E-state index is 12.3. The summed E-state index contributed by atoms with van der Waals surface area (Å²) in [6, 6.07) is 11.8. The molecule has 0 radical (unpaired) electrons. The molecule has 0 spiro atoms. The Labute approximate surface area is 152 Å². The summed E-state index contributed by atoms with van der Waals surface area (Å²) < 4.78 is 5.88. The Bertz CT molecular complexity index is 837. The second-order valence-electron chi connectivity index (χ2n) is 6.62. The monoisotopic (exact) mass is 350 g/mol. The van der Waals surface area contributed by atoms with E-state index in [4.69, 9.17) is 4.42 Å². The molecule has 0 atom stereocenters. The van der Waals surface area contributed by atoms with Gasteiger partial charge in [-0.15, -0.1) is 0 Å². The molecule has 1 aromatic carbocycles. The molecule has 2 amide bonds. The molecule has 26 heavy (non-hydrogen) atoms. The third-order valence-corrected chi connectivity index (χ3v) is 4.85. The minimum atomic E-state index is 0.00454. The summed E-state index contributed by atoms with van der Waals surface area (Å²) in [6.07, 6.45) is 6.13. The van der Waals surface area contributed by atoms with Crippen LogP contribution in [0.25, 0.3) is 11.1 Å². The third-order valence-electron chi connectivity index (χ3n) is 4.85. The molecule has 4 rings (SSSR count). The zero-order valence-corrected chi connectivity index (χ0v) is 14.6. The fourth-order valence-corrected chi connectivity index (χ4v) is 3.37. The number of rotatable bonds is 4. The third kappa shape index (κ3) is 3.69. The highest BCUT2D eigenvalue weighted by molar-refractivity contribution is 5.74. The zero-order chi connectivity index (χ0) is 17.8. The smallest absolute Gasteiger partial charge is 0.317 e. The first kappa shape index (κ1) is 16.6. The Balaban J connectivity index is 1.27. The molecule has 3 aromatic rings. The number of urea groups is 1. The van der Waals surface area contributed by atoms with E-state index in [1.165, 1.54) is 0 Å². The van der Waals surface area contributed by atoms with Crippen molar-refractivity contribution in [1.82, 2.24) is 20.2 Å². The molecule has 134 valence electrons. The van der Waals surface area contributed by atoms with Gasteiger partial charge in [-0.25, -0.2) is 9.78 Å². The van der Waals surface area contributed by atoms with Crippen LogP contribution in [0.5, 0.6) is 0 Å². The molecule has 1 N–H and O–H groups in total. The van der Waals surface area contributed by atoms with E-state index in [-0.39, 0.29) is 11.9 Å². The summed E-state index contributed by atoms with van der Waals surface area (Å²) >= 11 is 0. The van der Waals surface area contributed by atoms with Crippen LogP contribution in [0.1, 0.15) is 30.2 Å². The number of benzene rings is 1. The Kier molecular flexibility index (Phi) is 4.82. The minimum absolute atomic E-state index is 0.00454. The number of amides is 2. The maximum absolute atomic E-state index is 12.3. The van der Waals surface area contributed by atoms with Crippen molar-refractivity contribution in [2.45, 2.75) is 25.2 Å². The fourth-order valence-electron chi connectivity index (χ4n) is 3.37. The highest BCUT2D eigenvalue weighted by Gasteiger charge is 2.26. The van der Waals surface area contributed by atoms with Gasteiger partial charge in [0, 0.05) is 37.9 Å². The van der Waals surface area contributed by atoms with Gasteiger partial charge in [-0.3, -0.25) is 4.98 Å². The molecule has 0 saturated carbocycles. The normalized spacial score (nSPS) is 15.3. The van der Waals surface area contributed by atoms with Crippen LogP contribution < -0.4 is 5.32 Å². The zero-order valence-electron chi connectivity index (χ0n) is 14.6. The number of pyridine rings is 1. The van der Waals surface area contributed by atoms with Gasteiger partial charge in [-0.1, -0.05) is 18.2 Å². The van der Waals surface area contributed by atoms with Gasteiger partial charge < -0.3 is 14.6 Å². The van der Waals surface area contributed by atoms with Crippen LogP contribution >= 0.6 is 0 Å². The summed E-state index contributed by atoms with van der Waals surface area (Å²) in [7, 11) is 0. The number of hydrogen-bond donors (Lipinski definition) is 1. The molecule has 1 aliphatic heterocycles. The summed E-state index contributed by atoms with van der Waals surface area (Å²) in [5.74, 6) is 1.07. The predicted molar refractivity (Wildman–Crippen MR) is 98.9 cm³/mol. The standard InChI is InChI=1S/C20H22N4O2/c25-20(22-11-7-15-4-3-10-21-14-15)24-12-8-16(9-13-24)19-23-17-5-1-2-6-18(17)26-19/h1-6,10,14,16H,7-9,11-13H2,(H,22,25). The number of carbonyl (C=O) groups is 1. The average Bonchev–Trinajstić information content (AvgIpc) is 3.13. The van der Waals surface area contributed by atoms with Gasteiger partial charge in [0.25, 0.3) is 0 Å². The molecule has 1 fully saturated rings. The largest absolute Gasteiger partial charge is 0.440 e. The Morgan fingerprint density at radius 3 is 2.81 bits per heavy atom. The lowest BCUT2D eigenvalue weighted by Crippen LogP contribution is -2.44. The molecule has 6 nitrogen and oxygen atoms in total. The summed E-state index contributed by atoms with van der Waals surface area (Å²) in [5, 5.41) is 3.00. The summed E-state index contributed by atoms with van der Waals surface area (Å²) in [6.45, 7) is 2.07. The topological polar surface area (TPSA) is 71.3 Å². The van der Waals surface area contributed by atoms with E-state index in [1.807, 2.05) is 47.5 Å². The number of para-hydroxylation sites is 2. The van der Waals surface area contributed by atoms with E-state index in [2.05, 4.69) is 15.3 Å². The molecule has 0 aliphatic carbocycles. The highest BCUT2D eigenvalue weighted by Crippen LogP contribution is 2.29. The van der Waals surface area contributed by atoms with Gasteiger partial charge in [0.2, 0.25) is 0 Å². The lowest BCUT2D eigenvalue weighted by molar-refractivity contribution is 0.178. The number of oxazole rings is 1. The van der Waals surface area contributed by atoms with E-state index in [9.17, 15) is 4.79 Å². The van der Waals surface area contributed by atoms with Crippen molar-refractivity contribution in [3.63, 3.8) is 0 Å². The van der Waals surface area contributed by atoms with E-state index in [1.54, 1.807) is 6.20 Å². The van der Waals surface area contributed by atoms with Gasteiger partial charge in [0.05, 0.1) is 0 Å². The molecular formula is C20H22N4O2. The second-order valence-corrected chi connectivity index (χ2v) is 6.62. The number of aromatic nitrogens is 2. The van der Waals surface area contributed by atoms with Gasteiger partial charge in [-0.05, 0) is 43.0 Å². The minimum Gasteiger partial charge on any atom is -0.440 e. The number of hydrogen-bond acceptors (Lipinski definition) is 4. The Morgan fingerprint density at radius 1 is 1.19 bits per heavy atom. The maximum Gasteiger partial charge on any atom is 0.317 e. The van der Waals surface area contributed by atoms with Crippen molar-refractivity contribution in [2.24, 2.45) is 0 Å². The molecular weight excluding hydrogens is 328 g/mol. The molecule has 1 aliphatic rings. The summed E-state index contributed by atoms with van der Waals surface area (Å²) in [4.78, 5) is 22.9. The first-order valence-corrected chi connectivity index (χ1v) is 9.07. The Morgan fingerprint density at radius 2 is 2.04 bits per heavy atom. The molecule has 3 heterocycles. The molecule has 6 heteroatoms. The van der Waals surface area contributed by atoms with Crippen LogP contribution in [-0.2, 0) is 6.42 Å². The second kappa shape index (κ2) is 7.56. The fraction of sp³-hybridized carbons (Fsp3) is 0.350. The SMILES string of the molecule is O=C(NCCc1cccnc1)N1CCC(c2nc3ccccc3o2)CC1. The lowest BCUT2D eigenvalue weighted by atomic mass is 9.97. The summed E-state index contributed by atoms with van der Waals surface area (Å²) in [5.41, 5.74) is 2.86. The van der Waals surface area contributed by atoms with E-state index >= 15 is 0 Å². The van der Waals surface area contributed by atoms with E-state index < -0.39 is 0 Å². The highest BCUT2D eigenvalue weighted by atomic mass is 16.3. The quantitative estimate of drug-likeness (QED) is 0.783. The van der Waals surface area contributed by atoms with Crippen molar-refractivity contribution in [2.75, 3.05) is 19.6 Å². The van der Waals surface area contributed by atoms with Gasteiger partial charge in [0.1, 0.15) is 5.52 Å². The molecule has 0 unspecified atom stereocenters. The number of carbonyl (C=O) groups excluding carboxylic acids is 1. The van der Waals surface area contributed by atoms with Crippen LogP contribution in [0.2, 0.25) is 0 Å². The van der Waals surface area contributed by atoms with Gasteiger partial charge in [0.15, 0.2) is 11.5 Å². The van der Waals surface area contributed by atoms with Crippen molar-refractivity contribution in [3.8, 4) is 0 Å². The number of piperidine rings is 1. The van der Waals surface area contributed by atoms with Crippen molar-refractivity contribution >= 4 is 17.1 Å². The van der Waals surface area contributed by atoms with E-state index in [0.717, 1.165) is 54.9 Å². The molecule has 2 aromatic heterocycles. The van der Waals surface area contributed by atoms with Crippen LogP contribution in [-0.4, -0.2) is 40.5 Å². The number of likely N-dealkylation sites (tertiary alicyclic amines) is 1. The van der Waals surface area contributed by atoms with Crippen LogP contribution in [0.15, 0.2) is 53.2 Å². The van der Waals surface area contributed by atoms with Crippen molar-refractivity contribution < 1.29 is 9.21 Å². The first-order chi connectivity index (χ1) is 12.8. The number of nitrogens with zero attached hydrogens (tertiary/aromatic N) is 3.